The van der Waals surface area contributed by atoms with Gasteiger partial charge in [-0.15, -0.1) is 0 Å². The standard InChI is InChI=1S/C7H11NO5/c1-12-5(10)3-4(9)6(8)7(11)13-2/h6H,3,8H2,1-2H3. The molecule has 6 nitrogen and oxygen atoms in total. The molecule has 1 unspecified atom stereocenters. The van der Waals surface area contributed by atoms with Gasteiger partial charge in [0.1, 0.15) is 6.42 Å². The van der Waals surface area contributed by atoms with Crippen molar-refractivity contribution in [3.05, 3.63) is 0 Å². The fraction of sp³-hybridized carbons (Fsp3) is 0.571. The van der Waals surface area contributed by atoms with Gasteiger partial charge in [0.15, 0.2) is 11.8 Å². The predicted octanol–water partition coefficient (Wildman–Crippen LogP) is -1.38. The number of esters is 2. The molecule has 0 fully saturated rings. The van der Waals surface area contributed by atoms with Crippen molar-refractivity contribution < 1.29 is 23.9 Å². The minimum absolute atomic E-state index is 0.521. The van der Waals surface area contributed by atoms with Crippen molar-refractivity contribution >= 4 is 17.7 Å². The lowest BCUT2D eigenvalue weighted by atomic mass is 10.1. The van der Waals surface area contributed by atoms with Crippen LogP contribution in [0.4, 0.5) is 0 Å². The Labute approximate surface area is 75.0 Å². The van der Waals surface area contributed by atoms with Crippen LogP contribution in [0.1, 0.15) is 6.42 Å². The second kappa shape index (κ2) is 5.26. The molecule has 0 aromatic carbocycles. The Kier molecular flexibility index (Phi) is 4.68. The van der Waals surface area contributed by atoms with Crippen LogP contribution in [0.15, 0.2) is 0 Å². The number of ketones is 1. The number of methoxy groups -OCH3 is 2. The summed E-state index contributed by atoms with van der Waals surface area (Å²) in [6.45, 7) is 0. The molecule has 6 heteroatoms. The Bertz CT molecular complexity index is 225. The molecule has 0 spiro atoms. The van der Waals surface area contributed by atoms with E-state index in [0.717, 1.165) is 14.2 Å². The van der Waals surface area contributed by atoms with Gasteiger partial charge in [0.25, 0.3) is 0 Å². The number of hydrogen-bond donors (Lipinski definition) is 1. The minimum Gasteiger partial charge on any atom is -0.469 e. The molecule has 0 aliphatic heterocycles. The maximum Gasteiger partial charge on any atom is 0.330 e. The van der Waals surface area contributed by atoms with Crippen molar-refractivity contribution in [1.82, 2.24) is 0 Å². The Morgan fingerprint density at radius 3 is 2.15 bits per heavy atom. The van der Waals surface area contributed by atoms with Crippen molar-refractivity contribution in [3.63, 3.8) is 0 Å². The minimum atomic E-state index is -1.41. The Balaban J connectivity index is 4.11. The number of nitrogens with two attached hydrogens (primary N) is 1. The first-order valence-electron chi connectivity index (χ1n) is 3.45. The van der Waals surface area contributed by atoms with Gasteiger partial charge in [-0.25, -0.2) is 4.79 Å². The maximum atomic E-state index is 11.0. The zero-order valence-corrected chi connectivity index (χ0v) is 7.40. The van der Waals surface area contributed by atoms with Crippen LogP contribution in [0.2, 0.25) is 0 Å². The van der Waals surface area contributed by atoms with Crippen molar-refractivity contribution in [1.29, 1.82) is 0 Å². The summed E-state index contributed by atoms with van der Waals surface area (Å²) in [5, 5.41) is 0. The van der Waals surface area contributed by atoms with E-state index in [1.165, 1.54) is 0 Å². The number of carbonyl (C=O) groups is 3. The SMILES string of the molecule is COC(=O)CC(=O)C(N)C(=O)OC. The van der Waals surface area contributed by atoms with Crippen LogP contribution in [0.3, 0.4) is 0 Å². The molecule has 0 bridgehead atoms. The van der Waals surface area contributed by atoms with E-state index >= 15 is 0 Å². The molecule has 0 amide bonds. The Hall–Kier alpha value is -1.43. The molecule has 13 heavy (non-hydrogen) atoms. The van der Waals surface area contributed by atoms with Gasteiger partial charge >= 0.3 is 11.9 Å². The molecule has 0 aromatic rings. The molecule has 0 saturated heterocycles. The van der Waals surface area contributed by atoms with Gasteiger partial charge in [0, 0.05) is 0 Å². The monoisotopic (exact) mass is 189 g/mol. The molecule has 0 aliphatic rings. The third kappa shape index (κ3) is 3.66. The molecule has 2 N–H and O–H groups in total. The van der Waals surface area contributed by atoms with E-state index in [9.17, 15) is 14.4 Å². The molecule has 0 heterocycles. The Morgan fingerprint density at radius 2 is 1.77 bits per heavy atom. The van der Waals surface area contributed by atoms with Gasteiger partial charge < -0.3 is 15.2 Å². The summed E-state index contributed by atoms with van der Waals surface area (Å²) in [6.07, 6.45) is -0.521. The average molecular weight is 189 g/mol. The number of Topliss-reactive ketones (excluding diaryl/α,β-unsaturated/α-hetero) is 1. The second-order valence-electron chi connectivity index (χ2n) is 2.22. The highest BCUT2D eigenvalue weighted by molar-refractivity contribution is 6.08. The number of hydrogen-bond acceptors (Lipinski definition) is 6. The van der Waals surface area contributed by atoms with Crippen LogP contribution < -0.4 is 5.73 Å². The van der Waals surface area contributed by atoms with E-state index < -0.39 is 30.2 Å². The maximum absolute atomic E-state index is 11.0. The van der Waals surface area contributed by atoms with Gasteiger partial charge in [-0.2, -0.15) is 0 Å². The molecular formula is C7H11NO5. The molecule has 1 atom stereocenters. The highest BCUT2D eigenvalue weighted by atomic mass is 16.5. The summed E-state index contributed by atoms with van der Waals surface area (Å²) in [6, 6.07) is -1.41. The summed E-state index contributed by atoms with van der Waals surface area (Å²) < 4.78 is 8.43. The first kappa shape index (κ1) is 11.6. The van der Waals surface area contributed by atoms with Crippen LogP contribution in [-0.2, 0) is 23.9 Å². The largest absolute Gasteiger partial charge is 0.469 e. The zero-order chi connectivity index (χ0) is 10.4. The number of rotatable bonds is 4. The Morgan fingerprint density at radius 1 is 1.23 bits per heavy atom. The summed E-state index contributed by atoms with van der Waals surface area (Å²) in [5.74, 6) is -2.32. The van der Waals surface area contributed by atoms with E-state index in [2.05, 4.69) is 9.47 Å². The topological polar surface area (TPSA) is 95.7 Å². The van der Waals surface area contributed by atoms with Crippen molar-refractivity contribution in [2.45, 2.75) is 12.5 Å². The number of ether oxygens (including phenoxy) is 2. The van der Waals surface area contributed by atoms with Crippen LogP contribution in [0.25, 0.3) is 0 Å². The van der Waals surface area contributed by atoms with E-state index in [0.29, 0.717) is 0 Å². The predicted molar refractivity (Wildman–Crippen MR) is 41.6 cm³/mol. The highest BCUT2D eigenvalue weighted by Crippen LogP contribution is 1.93. The average Bonchev–Trinajstić information content (AvgIpc) is 2.14. The molecule has 0 rings (SSSR count). The molecule has 0 radical (unpaired) electrons. The lowest BCUT2D eigenvalue weighted by molar-refractivity contribution is -0.147. The smallest absolute Gasteiger partial charge is 0.330 e. The third-order valence-corrected chi connectivity index (χ3v) is 1.35. The summed E-state index contributed by atoms with van der Waals surface area (Å²) in [4.78, 5) is 32.3. The fourth-order valence-corrected chi connectivity index (χ4v) is 0.583. The quantitative estimate of drug-likeness (QED) is 0.432. The van der Waals surface area contributed by atoms with E-state index in [1.54, 1.807) is 0 Å². The fourth-order valence-electron chi connectivity index (χ4n) is 0.583. The van der Waals surface area contributed by atoms with Gasteiger partial charge in [0.05, 0.1) is 14.2 Å². The normalized spacial score (nSPS) is 11.6. The van der Waals surface area contributed by atoms with Crippen LogP contribution >= 0.6 is 0 Å². The van der Waals surface area contributed by atoms with Crippen molar-refractivity contribution in [2.24, 2.45) is 5.73 Å². The first-order chi connectivity index (χ1) is 6.02. The van der Waals surface area contributed by atoms with Crippen LogP contribution in [0.5, 0.6) is 0 Å². The zero-order valence-electron chi connectivity index (χ0n) is 7.40. The summed E-state index contributed by atoms with van der Waals surface area (Å²) >= 11 is 0. The molecule has 0 aromatic heterocycles. The first-order valence-corrected chi connectivity index (χ1v) is 3.45. The van der Waals surface area contributed by atoms with Gasteiger partial charge in [-0.05, 0) is 0 Å². The van der Waals surface area contributed by atoms with Gasteiger partial charge in [0.2, 0.25) is 0 Å². The van der Waals surface area contributed by atoms with E-state index in [1.807, 2.05) is 0 Å². The lowest BCUT2D eigenvalue weighted by Crippen LogP contribution is -2.40. The lowest BCUT2D eigenvalue weighted by Gasteiger charge is -2.06. The third-order valence-electron chi connectivity index (χ3n) is 1.35. The van der Waals surface area contributed by atoms with E-state index in [-0.39, 0.29) is 0 Å². The van der Waals surface area contributed by atoms with Crippen LogP contribution in [-0.4, -0.2) is 38.0 Å². The van der Waals surface area contributed by atoms with Gasteiger partial charge in [-0.3, -0.25) is 9.59 Å². The summed E-state index contributed by atoms with van der Waals surface area (Å²) in [5.41, 5.74) is 5.14. The highest BCUT2D eigenvalue weighted by Gasteiger charge is 2.24. The number of carbonyl (C=O) groups excluding carboxylic acids is 3. The van der Waals surface area contributed by atoms with Crippen molar-refractivity contribution in [2.75, 3.05) is 14.2 Å². The summed E-state index contributed by atoms with van der Waals surface area (Å²) in [7, 11) is 2.24. The molecule has 0 aliphatic carbocycles. The van der Waals surface area contributed by atoms with Crippen molar-refractivity contribution in [3.8, 4) is 0 Å². The molecule has 74 valence electrons. The van der Waals surface area contributed by atoms with Crippen LogP contribution in [0, 0.1) is 0 Å². The van der Waals surface area contributed by atoms with E-state index in [4.69, 9.17) is 5.73 Å². The second-order valence-corrected chi connectivity index (χ2v) is 2.22. The van der Waals surface area contributed by atoms with Gasteiger partial charge in [-0.1, -0.05) is 0 Å². The molecular weight excluding hydrogens is 178 g/mol. The molecule has 0 saturated carbocycles.